The molecular formula is C19H33N5O2S. The van der Waals surface area contributed by atoms with Crippen molar-refractivity contribution in [3.63, 3.8) is 0 Å². The number of sulfonamides is 1. The zero-order chi connectivity index (χ0) is 19.7. The summed E-state index contributed by atoms with van der Waals surface area (Å²) in [6.07, 6.45) is 3.48. The first-order chi connectivity index (χ1) is 13.0. The maximum absolute atomic E-state index is 11.6. The predicted molar refractivity (Wildman–Crippen MR) is 111 cm³/mol. The molecule has 7 nitrogen and oxygen atoms in total. The Labute approximate surface area is 163 Å². The van der Waals surface area contributed by atoms with E-state index in [4.69, 9.17) is 0 Å². The van der Waals surface area contributed by atoms with Crippen LogP contribution < -0.4 is 15.4 Å². The fourth-order valence-electron chi connectivity index (χ4n) is 3.24. The number of hydrogen-bond donors (Lipinski definition) is 3. The highest BCUT2D eigenvalue weighted by Crippen LogP contribution is 2.11. The van der Waals surface area contributed by atoms with Gasteiger partial charge in [-0.05, 0) is 44.0 Å². The number of guanidine groups is 1. The summed E-state index contributed by atoms with van der Waals surface area (Å²) in [4.78, 5) is 6.84. The first-order valence-electron chi connectivity index (χ1n) is 9.64. The minimum Gasteiger partial charge on any atom is -0.354 e. The number of rotatable bonds is 8. The van der Waals surface area contributed by atoms with Crippen LogP contribution in [0.4, 0.5) is 0 Å². The molecule has 0 saturated carbocycles. The SMILES string of the molecule is CCCN1CCC(NC(=NC)NCc2ccc(CS(=O)(=O)NC)cc2)CC1. The largest absolute Gasteiger partial charge is 0.354 e. The van der Waals surface area contributed by atoms with E-state index < -0.39 is 10.0 Å². The Balaban J connectivity index is 1.79. The average molecular weight is 396 g/mol. The lowest BCUT2D eigenvalue weighted by molar-refractivity contribution is 0.206. The maximum Gasteiger partial charge on any atom is 0.215 e. The molecule has 1 aromatic carbocycles. The Morgan fingerprint density at radius 3 is 2.37 bits per heavy atom. The van der Waals surface area contributed by atoms with Gasteiger partial charge in [0.2, 0.25) is 10.0 Å². The first kappa shape index (κ1) is 21.7. The van der Waals surface area contributed by atoms with Crippen LogP contribution in [0.15, 0.2) is 29.3 Å². The fraction of sp³-hybridized carbons (Fsp3) is 0.632. The normalized spacial score (nSPS) is 17.1. The van der Waals surface area contributed by atoms with Crippen LogP contribution in [0.25, 0.3) is 0 Å². The van der Waals surface area contributed by atoms with E-state index in [2.05, 4.69) is 32.2 Å². The van der Waals surface area contributed by atoms with Gasteiger partial charge in [-0.3, -0.25) is 4.99 Å². The van der Waals surface area contributed by atoms with Crippen molar-refractivity contribution in [3.05, 3.63) is 35.4 Å². The van der Waals surface area contributed by atoms with Gasteiger partial charge >= 0.3 is 0 Å². The standard InChI is InChI=1S/C19H33N5O2S/c1-4-11-24-12-9-18(10-13-24)23-19(20-2)22-14-16-5-7-17(8-6-16)15-27(25,26)21-3/h5-8,18,21H,4,9-15H2,1-3H3,(H2,20,22,23). The third-order valence-electron chi connectivity index (χ3n) is 4.84. The minimum atomic E-state index is -3.24. The highest BCUT2D eigenvalue weighted by Gasteiger charge is 2.19. The summed E-state index contributed by atoms with van der Waals surface area (Å²) in [5.41, 5.74) is 1.86. The second-order valence-corrected chi connectivity index (χ2v) is 8.89. The van der Waals surface area contributed by atoms with Crippen LogP contribution in [-0.4, -0.2) is 59.0 Å². The van der Waals surface area contributed by atoms with E-state index in [0.717, 1.165) is 43.0 Å². The third-order valence-corrected chi connectivity index (χ3v) is 6.18. The van der Waals surface area contributed by atoms with Gasteiger partial charge in [-0.2, -0.15) is 0 Å². The van der Waals surface area contributed by atoms with E-state index in [1.165, 1.54) is 20.0 Å². The Hall–Kier alpha value is -1.64. The zero-order valence-corrected chi connectivity index (χ0v) is 17.5. The van der Waals surface area contributed by atoms with Crippen molar-refractivity contribution in [3.8, 4) is 0 Å². The molecule has 1 aromatic rings. The third kappa shape index (κ3) is 7.48. The molecule has 8 heteroatoms. The molecule has 3 N–H and O–H groups in total. The van der Waals surface area contributed by atoms with Crippen molar-refractivity contribution in [2.45, 2.75) is 44.5 Å². The van der Waals surface area contributed by atoms with Crippen molar-refractivity contribution in [1.29, 1.82) is 0 Å². The summed E-state index contributed by atoms with van der Waals surface area (Å²) in [7, 11) is -0.0220. The van der Waals surface area contributed by atoms with Gasteiger partial charge in [0, 0.05) is 32.7 Å². The Morgan fingerprint density at radius 2 is 1.81 bits per heavy atom. The summed E-state index contributed by atoms with van der Waals surface area (Å²) >= 11 is 0. The van der Waals surface area contributed by atoms with Crippen molar-refractivity contribution in [2.24, 2.45) is 4.99 Å². The lowest BCUT2D eigenvalue weighted by atomic mass is 10.1. The van der Waals surface area contributed by atoms with Crippen LogP contribution in [0, 0.1) is 0 Å². The van der Waals surface area contributed by atoms with Gasteiger partial charge in [0.25, 0.3) is 0 Å². The highest BCUT2D eigenvalue weighted by molar-refractivity contribution is 7.88. The predicted octanol–water partition coefficient (Wildman–Crippen LogP) is 1.28. The van der Waals surface area contributed by atoms with Gasteiger partial charge in [0.1, 0.15) is 0 Å². The second kappa shape index (κ2) is 10.6. The van der Waals surface area contributed by atoms with Gasteiger partial charge in [-0.1, -0.05) is 31.2 Å². The lowest BCUT2D eigenvalue weighted by Gasteiger charge is -2.32. The number of aliphatic imine (C=N–C) groups is 1. The average Bonchev–Trinajstić information content (AvgIpc) is 2.67. The van der Waals surface area contributed by atoms with E-state index >= 15 is 0 Å². The number of nitrogens with zero attached hydrogens (tertiary/aromatic N) is 2. The molecule has 1 aliphatic rings. The van der Waals surface area contributed by atoms with Crippen LogP contribution in [0.3, 0.4) is 0 Å². The number of piperidine rings is 1. The summed E-state index contributed by atoms with van der Waals surface area (Å²) < 4.78 is 25.5. The van der Waals surface area contributed by atoms with Crippen LogP contribution in [0.2, 0.25) is 0 Å². The molecule has 1 saturated heterocycles. The molecule has 2 rings (SSSR count). The van der Waals surface area contributed by atoms with Crippen molar-refractivity contribution >= 4 is 16.0 Å². The molecule has 27 heavy (non-hydrogen) atoms. The minimum absolute atomic E-state index is 0.00282. The summed E-state index contributed by atoms with van der Waals surface area (Å²) in [5.74, 6) is 0.808. The summed E-state index contributed by atoms with van der Waals surface area (Å²) in [6, 6.07) is 8.06. The molecule has 0 unspecified atom stereocenters. The molecule has 0 bridgehead atoms. The molecule has 1 aliphatic heterocycles. The van der Waals surface area contributed by atoms with Gasteiger partial charge < -0.3 is 15.5 Å². The van der Waals surface area contributed by atoms with Gasteiger partial charge in [-0.25, -0.2) is 13.1 Å². The molecule has 1 fully saturated rings. The summed E-state index contributed by atoms with van der Waals surface area (Å²) in [6.45, 7) is 6.33. The number of hydrogen-bond acceptors (Lipinski definition) is 4. The van der Waals surface area contributed by atoms with Crippen LogP contribution >= 0.6 is 0 Å². The smallest absolute Gasteiger partial charge is 0.215 e. The van der Waals surface area contributed by atoms with E-state index in [1.54, 1.807) is 7.05 Å². The quantitative estimate of drug-likeness (QED) is 0.456. The van der Waals surface area contributed by atoms with Crippen molar-refractivity contribution < 1.29 is 8.42 Å². The molecule has 0 aromatic heterocycles. The Bertz CT molecular complexity index is 695. The molecule has 0 aliphatic carbocycles. The van der Waals surface area contributed by atoms with E-state index in [0.29, 0.717) is 12.6 Å². The van der Waals surface area contributed by atoms with E-state index in [9.17, 15) is 8.42 Å². The first-order valence-corrected chi connectivity index (χ1v) is 11.3. The van der Waals surface area contributed by atoms with Gasteiger partial charge in [0.05, 0.1) is 5.75 Å². The van der Waals surface area contributed by atoms with Crippen LogP contribution in [0.1, 0.15) is 37.3 Å². The zero-order valence-electron chi connectivity index (χ0n) is 16.7. The molecule has 1 heterocycles. The molecule has 0 radical (unpaired) electrons. The van der Waals surface area contributed by atoms with Crippen LogP contribution in [-0.2, 0) is 22.3 Å². The monoisotopic (exact) mass is 395 g/mol. The van der Waals surface area contributed by atoms with Crippen molar-refractivity contribution in [2.75, 3.05) is 33.7 Å². The number of likely N-dealkylation sites (tertiary alicyclic amines) is 1. The lowest BCUT2D eigenvalue weighted by Crippen LogP contribution is -2.48. The molecule has 0 atom stereocenters. The molecule has 0 amide bonds. The van der Waals surface area contributed by atoms with Crippen LogP contribution in [0.5, 0.6) is 0 Å². The maximum atomic E-state index is 11.6. The van der Waals surface area contributed by atoms with Gasteiger partial charge in [0.15, 0.2) is 5.96 Å². The second-order valence-electron chi connectivity index (χ2n) is 6.97. The topological polar surface area (TPSA) is 85.8 Å². The van der Waals surface area contributed by atoms with Crippen molar-refractivity contribution in [1.82, 2.24) is 20.3 Å². The summed E-state index contributed by atoms with van der Waals surface area (Å²) in [5, 5.41) is 6.86. The Kier molecular flexibility index (Phi) is 8.53. The fourth-order valence-corrected chi connectivity index (χ4v) is 4.01. The Morgan fingerprint density at radius 1 is 1.19 bits per heavy atom. The number of nitrogens with one attached hydrogen (secondary N) is 3. The number of benzene rings is 1. The highest BCUT2D eigenvalue weighted by atomic mass is 32.2. The molecular weight excluding hydrogens is 362 g/mol. The van der Waals surface area contributed by atoms with E-state index in [1.807, 2.05) is 24.3 Å². The van der Waals surface area contributed by atoms with E-state index in [-0.39, 0.29) is 5.75 Å². The molecule has 152 valence electrons. The van der Waals surface area contributed by atoms with Gasteiger partial charge in [-0.15, -0.1) is 0 Å². The molecule has 0 spiro atoms.